The van der Waals surface area contributed by atoms with Gasteiger partial charge in [-0.15, -0.1) is 13.2 Å². The lowest BCUT2D eigenvalue weighted by Gasteiger charge is -2.53. The molecule has 5 nitrogen and oxygen atoms in total. The average Bonchev–Trinajstić information content (AvgIpc) is 2.88. The molecule has 1 aliphatic heterocycles. The maximum absolute atomic E-state index is 12.9. The van der Waals surface area contributed by atoms with Gasteiger partial charge in [-0.05, 0) is 53.4 Å². The van der Waals surface area contributed by atoms with Crippen LogP contribution in [-0.4, -0.2) is 45.7 Å². The van der Waals surface area contributed by atoms with Gasteiger partial charge in [0.1, 0.15) is 5.60 Å². The molecule has 5 heteroatoms. The van der Waals surface area contributed by atoms with E-state index < -0.39 is 34.9 Å². The molecule has 0 amide bonds. The summed E-state index contributed by atoms with van der Waals surface area (Å²) in [5.41, 5.74) is -0.297. The van der Waals surface area contributed by atoms with E-state index in [1.165, 1.54) is 0 Å². The second kappa shape index (κ2) is 7.70. The van der Waals surface area contributed by atoms with Crippen LogP contribution in [0.4, 0.5) is 0 Å². The Morgan fingerprint density at radius 3 is 2.43 bits per heavy atom. The zero-order chi connectivity index (χ0) is 22.6. The number of allylic oxidation sites excluding steroid dienone is 1. The molecule has 0 aromatic heterocycles. The lowest BCUT2D eigenvalue weighted by Crippen LogP contribution is -2.63. The van der Waals surface area contributed by atoms with Crippen molar-refractivity contribution >= 4 is 5.78 Å². The molecular formula is C25H38O5. The number of carbonyl (C=O) groups excluding carboxylic acids is 1. The monoisotopic (exact) mass is 418 g/mol. The second-order valence-corrected chi connectivity index (χ2v) is 10.5. The van der Waals surface area contributed by atoms with E-state index in [4.69, 9.17) is 9.47 Å². The van der Waals surface area contributed by atoms with Crippen LogP contribution in [0.5, 0.6) is 0 Å². The number of carbonyl (C=O) groups is 1. The van der Waals surface area contributed by atoms with Crippen molar-refractivity contribution in [1.29, 1.82) is 0 Å². The highest BCUT2D eigenvalue weighted by atomic mass is 16.7. The fourth-order valence-electron chi connectivity index (χ4n) is 6.25. The maximum atomic E-state index is 12.9. The van der Waals surface area contributed by atoms with Gasteiger partial charge in [-0.3, -0.25) is 4.79 Å². The van der Waals surface area contributed by atoms with Gasteiger partial charge < -0.3 is 19.7 Å². The highest BCUT2D eigenvalue weighted by Crippen LogP contribution is 2.58. The minimum Gasteiger partial charge on any atom is -0.388 e. The van der Waals surface area contributed by atoms with Gasteiger partial charge >= 0.3 is 0 Å². The summed E-state index contributed by atoms with van der Waals surface area (Å²) in [5, 5.41) is 24.5. The number of ketones is 1. The van der Waals surface area contributed by atoms with E-state index >= 15 is 0 Å². The number of rotatable bonds is 4. The molecule has 0 radical (unpaired) electrons. The van der Waals surface area contributed by atoms with Crippen molar-refractivity contribution in [3.8, 4) is 0 Å². The van der Waals surface area contributed by atoms with Crippen LogP contribution in [0.25, 0.3) is 0 Å². The minimum atomic E-state index is -1.32. The highest BCUT2D eigenvalue weighted by molar-refractivity contribution is 5.98. The van der Waals surface area contributed by atoms with Crippen molar-refractivity contribution in [3.63, 3.8) is 0 Å². The summed E-state index contributed by atoms with van der Waals surface area (Å²) in [6.07, 6.45) is 2.34. The molecule has 1 heterocycles. The van der Waals surface area contributed by atoms with E-state index in [-0.39, 0.29) is 24.0 Å². The Morgan fingerprint density at radius 1 is 1.27 bits per heavy atom. The molecule has 3 fully saturated rings. The quantitative estimate of drug-likeness (QED) is 0.534. The summed E-state index contributed by atoms with van der Waals surface area (Å²) in [4.78, 5) is 12.9. The highest BCUT2D eigenvalue weighted by Gasteiger charge is 2.67. The molecule has 7 atom stereocenters. The fraction of sp³-hybridized carbons (Fsp3) is 0.720. The zero-order valence-corrected chi connectivity index (χ0v) is 19.3. The van der Waals surface area contributed by atoms with E-state index in [0.717, 1.165) is 11.1 Å². The first kappa shape index (κ1) is 23.4. The Hall–Kier alpha value is -1.27. The van der Waals surface area contributed by atoms with Crippen LogP contribution in [-0.2, 0) is 14.3 Å². The number of Topliss-reactive ketones (excluding diaryl/α,β-unsaturated/α-hetero) is 1. The molecule has 2 saturated carbocycles. The Balaban J connectivity index is 2.15. The lowest BCUT2D eigenvalue weighted by molar-refractivity contribution is -0.315. The standard InChI is InChI=1S/C25H38O5/c1-9-18-21(15(4)5)19(26)10-16(6)25(18,28)20-11-17-13-29-23(7,8)30-22(17)24(20,27)12-14(2)3/h9,16-18,20,22,27-28H,1-2,10-13H2,3-8H3/t16-,17-,18+,20-,22+,24-,25-/m1/s1. The number of hydrogen-bond donors (Lipinski definition) is 2. The molecule has 2 N–H and O–H groups in total. The van der Waals surface area contributed by atoms with E-state index in [9.17, 15) is 15.0 Å². The van der Waals surface area contributed by atoms with Crippen molar-refractivity contribution < 1.29 is 24.5 Å². The van der Waals surface area contributed by atoms with E-state index in [1.54, 1.807) is 6.08 Å². The first-order valence-corrected chi connectivity index (χ1v) is 11.0. The summed E-state index contributed by atoms with van der Waals surface area (Å²) < 4.78 is 12.1. The molecule has 3 rings (SSSR count). The first-order valence-electron chi connectivity index (χ1n) is 11.0. The third kappa shape index (κ3) is 3.54. The number of aliphatic hydroxyl groups is 2. The molecule has 1 saturated heterocycles. The lowest BCUT2D eigenvalue weighted by atomic mass is 9.56. The average molecular weight is 419 g/mol. The summed E-state index contributed by atoms with van der Waals surface area (Å²) in [6.45, 7) is 19.8. The molecule has 3 aliphatic rings. The van der Waals surface area contributed by atoms with Crippen LogP contribution in [0, 0.1) is 23.7 Å². The molecule has 30 heavy (non-hydrogen) atoms. The summed E-state index contributed by atoms with van der Waals surface area (Å²) in [6, 6.07) is 0. The van der Waals surface area contributed by atoms with Gasteiger partial charge in [-0.2, -0.15) is 0 Å². The van der Waals surface area contributed by atoms with Gasteiger partial charge in [0.05, 0.1) is 18.3 Å². The van der Waals surface area contributed by atoms with Crippen LogP contribution in [0.1, 0.15) is 60.8 Å². The second-order valence-electron chi connectivity index (χ2n) is 10.5. The largest absolute Gasteiger partial charge is 0.388 e. The van der Waals surface area contributed by atoms with Crippen LogP contribution >= 0.6 is 0 Å². The van der Waals surface area contributed by atoms with Crippen LogP contribution in [0.15, 0.2) is 36.0 Å². The number of fused-ring (bicyclic) bond motifs is 1. The third-order valence-corrected chi connectivity index (χ3v) is 7.43. The first-order chi connectivity index (χ1) is 13.8. The molecule has 0 aromatic carbocycles. The topological polar surface area (TPSA) is 76.0 Å². The van der Waals surface area contributed by atoms with Crippen LogP contribution < -0.4 is 0 Å². The summed E-state index contributed by atoms with van der Waals surface area (Å²) >= 11 is 0. The van der Waals surface area contributed by atoms with E-state index in [0.29, 0.717) is 25.0 Å². The van der Waals surface area contributed by atoms with Crippen molar-refractivity contribution in [3.05, 3.63) is 36.0 Å². The van der Waals surface area contributed by atoms with Gasteiger partial charge in [0, 0.05) is 29.7 Å². The van der Waals surface area contributed by atoms with Gasteiger partial charge in [0.2, 0.25) is 0 Å². The Labute approximate surface area is 180 Å². The van der Waals surface area contributed by atoms with Crippen molar-refractivity contribution in [2.45, 2.75) is 83.9 Å². The van der Waals surface area contributed by atoms with Crippen LogP contribution in [0.2, 0.25) is 0 Å². The van der Waals surface area contributed by atoms with E-state index in [1.807, 2.05) is 41.5 Å². The van der Waals surface area contributed by atoms with Crippen molar-refractivity contribution in [2.75, 3.05) is 6.61 Å². The number of hydrogen-bond acceptors (Lipinski definition) is 5. The molecular weight excluding hydrogens is 380 g/mol. The molecule has 168 valence electrons. The van der Waals surface area contributed by atoms with Gasteiger partial charge in [0.15, 0.2) is 11.6 Å². The van der Waals surface area contributed by atoms with E-state index in [2.05, 4.69) is 13.2 Å². The summed E-state index contributed by atoms with van der Waals surface area (Å²) in [7, 11) is 0. The smallest absolute Gasteiger partial charge is 0.163 e. The molecule has 0 unspecified atom stereocenters. The third-order valence-electron chi connectivity index (χ3n) is 7.43. The van der Waals surface area contributed by atoms with Crippen molar-refractivity contribution in [1.82, 2.24) is 0 Å². The molecule has 0 bridgehead atoms. The Morgan fingerprint density at radius 2 is 1.90 bits per heavy atom. The molecule has 2 aliphatic carbocycles. The predicted octanol–water partition coefficient (Wildman–Crippen LogP) is 3.95. The Kier molecular flexibility index (Phi) is 6.00. The van der Waals surface area contributed by atoms with Crippen LogP contribution in [0.3, 0.4) is 0 Å². The Bertz CT molecular complexity index is 776. The zero-order valence-electron chi connectivity index (χ0n) is 19.3. The van der Waals surface area contributed by atoms with Gasteiger partial charge in [-0.25, -0.2) is 0 Å². The minimum absolute atomic E-state index is 0.0400. The predicted molar refractivity (Wildman–Crippen MR) is 117 cm³/mol. The summed E-state index contributed by atoms with van der Waals surface area (Å²) in [5.74, 6) is -2.17. The maximum Gasteiger partial charge on any atom is 0.163 e. The number of ether oxygens (including phenoxy) is 2. The normalized spacial score (nSPS) is 43.3. The fourth-order valence-corrected chi connectivity index (χ4v) is 6.25. The SMILES string of the molecule is C=C[C@H]1C(=C(C)C)C(=O)C[C@@H](C)[C@]1(O)[C@@H]1C[C@@H]2COC(C)(C)O[C@@H]2[C@@]1(O)CC(=C)C. The van der Waals surface area contributed by atoms with Crippen molar-refractivity contribution in [2.24, 2.45) is 23.7 Å². The van der Waals surface area contributed by atoms with Gasteiger partial charge in [-0.1, -0.05) is 24.1 Å². The molecule has 0 aromatic rings. The molecule has 0 spiro atoms. The van der Waals surface area contributed by atoms with Gasteiger partial charge in [0.25, 0.3) is 0 Å².